The molecule has 1 aromatic carbocycles. The highest BCUT2D eigenvalue weighted by molar-refractivity contribution is 5.43. The molecule has 0 aliphatic heterocycles. The van der Waals surface area contributed by atoms with Crippen molar-refractivity contribution in [3.05, 3.63) is 24.0 Å². The lowest BCUT2D eigenvalue weighted by atomic mass is 10.1. The van der Waals surface area contributed by atoms with Crippen LogP contribution in [0.15, 0.2) is 18.2 Å². The third-order valence-electron chi connectivity index (χ3n) is 2.61. The fourth-order valence-electron chi connectivity index (χ4n) is 1.34. The van der Waals surface area contributed by atoms with E-state index in [1.165, 1.54) is 12.1 Å². The summed E-state index contributed by atoms with van der Waals surface area (Å²) in [6.45, 7) is 4.89. The standard InChI is InChI=1S/C12H18FNO/c1-3-9(4-2)8-15-10-5-6-12(14)11(13)7-10/h5-7,9H,3-4,8,14H2,1-2H3. The summed E-state index contributed by atoms with van der Waals surface area (Å²) < 4.78 is 18.6. The first-order valence-corrected chi connectivity index (χ1v) is 5.35. The summed E-state index contributed by atoms with van der Waals surface area (Å²) in [4.78, 5) is 0. The average molecular weight is 211 g/mol. The zero-order chi connectivity index (χ0) is 11.3. The van der Waals surface area contributed by atoms with Gasteiger partial charge >= 0.3 is 0 Å². The number of benzene rings is 1. The van der Waals surface area contributed by atoms with Gasteiger partial charge in [-0.1, -0.05) is 26.7 Å². The number of hydrogen-bond acceptors (Lipinski definition) is 2. The summed E-state index contributed by atoms with van der Waals surface area (Å²) in [5.74, 6) is 0.663. The van der Waals surface area contributed by atoms with Gasteiger partial charge in [-0.2, -0.15) is 0 Å². The molecule has 84 valence electrons. The van der Waals surface area contributed by atoms with Crippen LogP contribution >= 0.6 is 0 Å². The van der Waals surface area contributed by atoms with Crippen LogP contribution in [0.3, 0.4) is 0 Å². The van der Waals surface area contributed by atoms with Crippen molar-refractivity contribution in [2.24, 2.45) is 5.92 Å². The van der Waals surface area contributed by atoms with Crippen LogP contribution in [-0.2, 0) is 0 Å². The highest BCUT2D eigenvalue weighted by Crippen LogP contribution is 2.19. The lowest BCUT2D eigenvalue weighted by Gasteiger charge is -2.13. The van der Waals surface area contributed by atoms with Gasteiger partial charge in [0, 0.05) is 6.07 Å². The Morgan fingerprint density at radius 2 is 2.00 bits per heavy atom. The molecule has 0 radical (unpaired) electrons. The van der Waals surface area contributed by atoms with Gasteiger partial charge in [-0.3, -0.25) is 0 Å². The van der Waals surface area contributed by atoms with Gasteiger partial charge in [0.1, 0.15) is 11.6 Å². The summed E-state index contributed by atoms with van der Waals surface area (Å²) in [5.41, 5.74) is 5.52. The topological polar surface area (TPSA) is 35.2 Å². The van der Waals surface area contributed by atoms with Gasteiger partial charge in [-0.25, -0.2) is 4.39 Å². The minimum absolute atomic E-state index is 0.157. The van der Waals surface area contributed by atoms with Crippen LogP contribution in [0.5, 0.6) is 5.75 Å². The molecule has 1 aromatic rings. The summed E-state index contributed by atoms with van der Waals surface area (Å²) in [5, 5.41) is 0. The second-order valence-electron chi connectivity index (χ2n) is 3.68. The number of hydrogen-bond donors (Lipinski definition) is 1. The van der Waals surface area contributed by atoms with E-state index in [2.05, 4.69) is 13.8 Å². The highest BCUT2D eigenvalue weighted by Gasteiger charge is 2.05. The van der Waals surface area contributed by atoms with Gasteiger partial charge in [-0.15, -0.1) is 0 Å². The first-order valence-electron chi connectivity index (χ1n) is 5.35. The molecular weight excluding hydrogens is 193 g/mol. The molecule has 0 saturated heterocycles. The van der Waals surface area contributed by atoms with Crippen LogP contribution in [0.4, 0.5) is 10.1 Å². The van der Waals surface area contributed by atoms with Crippen LogP contribution < -0.4 is 10.5 Å². The Hall–Kier alpha value is -1.25. The molecule has 0 spiro atoms. The summed E-state index contributed by atoms with van der Waals surface area (Å²) >= 11 is 0. The Labute approximate surface area is 90.2 Å². The van der Waals surface area contributed by atoms with Crippen molar-refractivity contribution in [2.75, 3.05) is 12.3 Å². The van der Waals surface area contributed by atoms with E-state index in [1.807, 2.05) is 0 Å². The molecule has 0 unspecified atom stereocenters. The second kappa shape index (κ2) is 5.59. The van der Waals surface area contributed by atoms with Crippen LogP contribution in [0.2, 0.25) is 0 Å². The van der Waals surface area contributed by atoms with E-state index in [4.69, 9.17) is 10.5 Å². The van der Waals surface area contributed by atoms with Crippen LogP contribution in [-0.4, -0.2) is 6.61 Å². The molecule has 0 aromatic heterocycles. The van der Waals surface area contributed by atoms with Crippen LogP contribution in [0, 0.1) is 11.7 Å². The van der Waals surface area contributed by atoms with Crippen LogP contribution in [0.25, 0.3) is 0 Å². The number of anilines is 1. The fourth-order valence-corrected chi connectivity index (χ4v) is 1.34. The maximum absolute atomic E-state index is 13.1. The predicted molar refractivity (Wildman–Crippen MR) is 60.4 cm³/mol. The third-order valence-corrected chi connectivity index (χ3v) is 2.61. The minimum Gasteiger partial charge on any atom is -0.493 e. The van der Waals surface area contributed by atoms with Gasteiger partial charge in [0.2, 0.25) is 0 Å². The van der Waals surface area contributed by atoms with E-state index in [-0.39, 0.29) is 5.69 Å². The number of nitrogen functional groups attached to an aromatic ring is 1. The SMILES string of the molecule is CCC(CC)COc1ccc(N)c(F)c1. The van der Waals surface area contributed by atoms with E-state index < -0.39 is 5.82 Å². The monoisotopic (exact) mass is 211 g/mol. The number of halogens is 1. The molecule has 0 bridgehead atoms. The predicted octanol–water partition coefficient (Wildman–Crippen LogP) is 3.22. The first-order chi connectivity index (χ1) is 7.17. The average Bonchev–Trinajstić information content (AvgIpc) is 2.24. The van der Waals surface area contributed by atoms with E-state index in [9.17, 15) is 4.39 Å². The van der Waals surface area contributed by atoms with E-state index in [0.29, 0.717) is 18.3 Å². The Kier molecular flexibility index (Phi) is 4.40. The van der Waals surface area contributed by atoms with E-state index >= 15 is 0 Å². The van der Waals surface area contributed by atoms with Crippen molar-refractivity contribution in [2.45, 2.75) is 26.7 Å². The Bertz CT molecular complexity index is 310. The molecule has 0 amide bonds. The van der Waals surface area contributed by atoms with E-state index in [0.717, 1.165) is 12.8 Å². The molecule has 15 heavy (non-hydrogen) atoms. The van der Waals surface area contributed by atoms with Crippen molar-refractivity contribution in [3.8, 4) is 5.75 Å². The molecule has 2 N–H and O–H groups in total. The van der Waals surface area contributed by atoms with Crippen molar-refractivity contribution >= 4 is 5.69 Å². The van der Waals surface area contributed by atoms with Crippen LogP contribution in [0.1, 0.15) is 26.7 Å². The van der Waals surface area contributed by atoms with Crippen molar-refractivity contribution in [3.63, 3.8) is 0 Å². The number of rotatable bonds is 5. The maximum Gasteiger partial charge on any atom is 0.149 e. The zero-order valence-corrected chi connectivity index (χ0v) is 9.29. The number of nitrogens with two attached hydrogens (primary N) is 1. The van der Waals surface area contributed by atoms with Gasteiger partial charge in [0.25, 0.3) is 0 Å². The van der Waals surface area contributed by atoms with Crippen molar-refractivity contribution < 1.29 is 9.13 Å². The molecule has 0 aliphatic rings. The highest BCUT2D eigenvalue weighted by atomic mass is 19.1. The van der Waals surface area contributed by atoms with Gasteiger partial charge < -0.3 is 10.5 Å². The van der Waals surface area contributed by atoms with E-state index in [1.54, 1.807) is 6.07 Å². The molecular formula is C12H18FNO. The smallest absolute Gasteiger partial charge is 0.149 e. The van der Waals surface area contributed by atoms with Gasteiger partial charge in [0.15, 0.2) is 0 Å². The zero-order valence-electron chi connectivity index (χ0n) is 9.29. The summed E-state index contributed by atoms with van der Waals surface area (Å²) in [6, 6.07) is 4.55. The molecule has 3 heteroatoms. The molecule has 0 fully saturated rings. The Morgan fingerprint density at radius 1 is 1.33 bits per heavy atom. The first kappa shape index (κ1) is 11.8. The Balaban J connectivity index is 2.54. The van der Waals surface area contributed by atoms with Gasteiger partial charge in [0.05, 0.1) is 12.3 Å². The number of ether oxygens (including phenoxy) is 1. The molecule has 2 nitrogen and oxygen atoms in total. The normalized spacial score (nSPS) is 10.7. The fraction of sp³-hybridized carbons (Fsp3) is 0.500. The van der Waals surface area contributed by atoms with Crippen molar-refractivity contribution in [1.29, 1.82) is 0 Å². The largest absolute Gasteiger partial charge is 0.493 e. The molecule has 0 atom stereocenters. The minimum atomic E-state index is -0.419. The van der Waals surface area contributed by atoms with Crippen molar-refractivity contribution in [1.82, 2.24) is 0 Å². The quantitative estimate of drug-likeness (QED) is 0.759. The van der Waals surface area contributed by atoms with Gasteiger partial charge in [-0.05, 0) is 18.1 Å². The third kappa shape index (κ3) is 3.42. The Morgan fingerprint density at radius 3 is 2.53 bits per heavy atom. The maximum atomic E-state index is 13.1. The molecule has 0 saturated carbocycles. The summed E-state index contributed by atoms with van der Waals surface area (Å²) in [6.07, 6.45) is 2.15. The molecule has 1 rings (SSSR count). The second-order valence-corrected chi connectivity index (χ2v) is 3.68. The molecule has 0 heterocycles. The molecule has 0 aliphatic carbocycles. The lowest BCUT2D eigenvalue weighted by molar-refractivity contribution is 0.240. The summed E-state index contributed by atoms with van der Waals surface area (Å²) in [7, 11) is 0. The lowest BCUT2D eigenvalue weighted by Crippen LogP contribution is -2.10.